The molecule has 15 heavy (non-hydrogen) atoms. The molecule has 0 saturated heterocycles. The van der Waals surface area contributed by atoms with E-state index < -0.39 is 5.97 Å². The maximum absolute atomic E-state index is 11.0. The number of rotatable bonds is 2. The second kappa shape index (κ2) is 3.83. The van der Waals surface area contributed by atoms with Crippen LogP contribution in [0.2, 0.25) is 0 Å². The molecule has 0 amide bonds. The zero-order chi connectivity index (χ0) is 11.0. The summed E-state index contributed by atoms with van der Waals surface area (Å²) in [7, 11) is 0. The molecule has 0 aromatic carbocycles. The van der Waals surface area contributed by atoms with Gasteiger partial charge in [-0.3, -0.25) is 4.98 Å². The molecular formula is C10H9NO2S2. The Morgan fingerprint density at radius 2 is 2.33 bits per heavy atom. The highest BCUT2D eigenvalue weighted by Gasteiger charge is 2.15. The van der Waals surface area contributed by atoms with Gasteiger partial charge in [0.05, 0.1) is 15.8 Å². The molecular weight excluding hydrogens is 230 g/mol. The molecule has 0 aliphatic heterocycles. The molecule has 3 nitrogen and oxygen atoms in total. The van der Waals surface area contributed by atoms with Crippen LogP contribution in [0.4, 0.5) is 0 Å². The van der Waals surface area contributed by atoms with Crippen molar-refractivity contribution in [3.8, 4) is 0 Å². The smallest absolute Gasteiger partial charge is 0.338 e. The lowest BCUT2D eigenvalue weighted by Gasteiger charge is -2.03. The Hall–Kier alpha value is -1.07. The molecule has 0 aliphatic rings. The first-order valence-electron chi connectivity index (χ1n) is 4.29. The Kier molecular flexibility index (Phi) is 2.67. The van der Waals surface area contributed by atoms with E-state index in [1.54, 1.807) is 11.3 Å². The lowest BCUT2D eigenvalue weighted by molar-refractivity contribution is 0.0693. The predicted molar refractivity (Wildman–Crippen MR) is 63.1 cm³/mol. The zero-order valence-electron chi connectivity index (χ0n) is 8.27. The Bertz CT molecular complexity index is 533. The number of carboxylic acid groups (broad SMARTS) is 1. The molecule has 0 bridgehead atoms. The highest BCUT2D eigenvalue weighted by Crippen LogP contribution is 2.34. The molecule has 0 atom stereocenters. The Labute approximate surface area is 95.1 Å². The molecule has 78 valence electrons. The molecule has 0 unspecified atom stereocenters. The highest BCUT2D eigenvalue weighted by molar-refractivity contribution is 7.99. The third-order valence-corrected chi connectivity index (χ3v) is 4.22. The van der Waals surface area contributed by atoms with Gasteiger partial charge in [-0.1, -0.05) is 0 Å². The molecule has 5 heteroatoms. The van der Waals surface area contributed by atoms with Crippen LogP contribution < -0.4 is 0 Å². The van der Waals surface area contributed by atoms with Crippen LogP contribution in [0, 0.1) is 6.92 Å². The van der Waals surface area contributed by atoms with Gasteiger partial charge in [0.25, 0.3) is 0 Å². The van der Waals surface area contributed by atoms with Gasteiger partial charge in [-0.25, -0.2) is 4.79 Å². The summed E-state index contributed by atoms with van der Waals surface area (Å²) in [5.41, 5.74) is 2.30. The summed E-state index contributed by atoms with van der Waals surface area (Å²) in [5.74, 6) is -0.917. The van der Waals surface area contributed by atoms with Gasteiger partial charge in [-0.2, -0.15) is 0 Å². The number of carbonyl (C=O) groups is 1. The minimum Gasteiger partial charge on any atom is -0.478 e. The van der Waals surface area contributed by atoms with Gasteiger partial charge >= 0.3 is 5.97 Å². The normalized spacial score (nSPS) is 10.8. The molecule has 0 fully saturated rings. The number of fused-ring (bicyclic) bond motifs is 1. The number of carboxylic acids is 1. The van der Waals surface area contributed by atoms with Gasteiger partial charge in [-0.15, -0.1) is 23.1 Å². The van der Waals surface area contributed by atoms with Crippen LogP contribution in [0.5, 0.6) is 0 Å². The number of hydrogen-bond donors (Lipinski definition) is 1. The van der Waals surface area contributed by atoms with E-state index in [9.17, 15) is 4.79 Å². The van der Waals surface area contributed by atoms with Crippen LogP contribution >= 0.6 is 23.1 Å². The van der Waals surface area contributed by atoms with Crippen LogP contribution in [-0.4, -0.2) is 22.3 Å². The van der Waals surface area contributed by atoms with Crippen LogP contribution in [0.15, 0.2) is 16.5 Å². The van der Waals surface area contributed by atoms with Crippen molar-refractivity contribution in [1.82, 2.24) is 4.98 Å². The summed E-state index contributed by atoms with van der Waals surface area (Å²) < 4.78 is 0.972. The average Bonchev–Trinajstić information content (AvgIpc) is 2.59. The Morgan fingerprint density at radius 1 is 1.60 bits per heavy atom. The number of aromatic carboxylic acids is 1. The third kappa shape index (κ3) is 1.61. The minimum absolute atomic E-state index is 0.289. The minimum atomic E-state index is -0.917. The first-order chi connectivity index (χ1) is 7.15. The number of nitrogens with zero attached hydrogens (tertiary/aromatic N) is 1. The summed E-state index contributed by atoms with van der Waals surface area (Å²) in [6.45, 7) is 1.98. The van der Waals surface area contributed by atoms with E-state index in [1.165, 1.54) is 18.0 Å². The second-order valence-electron chi connectivity index (χ2n) is 3.11. The monoisotopic (exact) mass is 239 g/mol. The second-order valence-corrected chi connectivity index (χ2v) is 4.80. The van der Waals surface area contributed by atoms with Crippen LogP contribution in [0.3, 0.4) is 0 Å². The summed E-state index contributed by atoms with van der Waals surface area (Å²) in [6, 6.07) is 0. The number of hydrogen-bond acceptors (Lipinski definition) is 4. The molecule has 0 radical (unpaired) electrons. The van der Waals surface area contributed by atoms with E-state index >= 15 is 0 Å². The third-order valence-electron chi connectivity index (χ3n) is 2.15. The standard InChI is InChI=1S/C10H9NO2S2/c1-5-4-15-9-7(5)11-3-6(10(12)13)8(9)14-2/h3-4H,1-2H3,(H,12,13). The van der Waals surface area contributed by atoms with E-state index in [4.69, 9.17) is 5.11 Å². The van der Waals surface area contributed by atoms with Crippen molar-refractivity contribution < 1.29 is 9.90 Å². The van der Waals surface area contributed by atoms with Gasteiger partial charge < -0.3 is 5.11 Å². The van der Waals surface area contributed by atoms with E-state index in [0.29, 0.717) is 0 Å². The molecule has 1 N–H and O–H groups in total. The Balaban J connectivity index is 2.82. The van der Waals surface area contributed by atoms with Gasteiger partial charge in [0, 0.05) is 11.1 Å². The molecule has 2 rings (SSSR count). The van der Waals surface area contributed by atoms with Crippen molar-refractivity contribution in [2.24, 2.45) is 0 Å². The number of aryl methyl sites for hydroxylation is 1. The topological polar surface area (TPSA) is 50.2 Å². The molecule has 0 saturated carbocycles. The fourth-order valence-electron chi connectivity index (χ4n) is 1.42. The van der Waals surface area contributed by atoms with E-state index in [-0.39, 0.29) is 5.56 Å². The predicted octanol–water partition coefficient (Wildman–Crippen LogP) is 3.02. The van der Waals surface area contributed by atoms with Crippen molar-refractivity contribution in [1.29, 1.82) is 0 Å². The van der Waals surface area contributed by atoms with Gasteiger partial charge in [0.2, 0.25) is 0 Å². The SMILES string of the molecule is CSc1c(C(=O)O)cnc2c(C)csc12. The zero-order valence-corrected chi connectivity index (χ0v) is 9.91. The largest absolute Gasteiger partial charge is 0.478 e. The molecule has 0 spiro atoms. The summed E-state index contributed by atoms with van der Waals surface area (Å²) in [5, 5.41) is 11.0. The maximum Gasteiger partial charge on any atom is 0.338 e. The summed E-state index contributed by atoms with van der Waals surface area (Å²) in [4.78, 5) is 16.0. The molecule has 2 aromatic rings. The number of thiophene rings is 1. The molecule has 0 aliphatic carbocycles. The van der Waals surface area contributed by atoms with E-state index in [1.807, 2.05) is 18.6 Å². The first-order valence-corrected chi connectivity index (χ1v) is 6.39. The van der Waals surface area contributed by atoms with Crippen LogP contribution in [0.1, 0.15) is 15.9 Å². The fraction of sp³-hybridized carbons (Fsp3) is 0.200. The highest BCUT2D eigenvalue weighted by atomic mass is 32.2. The van der Waals surface area contributed by atoms with Crippen molar-refractivity contribution in [3.63, 3.8) is 0 Å². The average molecular weight is 239 g/mol. The lowest BCUT2D eigenvalue weighted by atomic mass is 10.2. The van der Waals surface area contributed by atoms with E-state index in [2.05, 4.69) is 4.98 Å². The van der Waals surface area contributed by atoms with Gasteiger partial charge in [-0.05, 0) is 24.1 Å². The van der Waals surface area contributed by atoms with Crippen LogP contribution in [-0.2, 0) is 0 Å². The molecule has 2 aromatic heterocycles. The first kappa shape index (κ1) is 10.4. The maximum atomic E-state index is 11.0. The van der Waals surface area contributed by atoms with Gasteiger partial charge in [0.15, 0.2) is 0 Å². The number of aromatic nitrogens is 1. The fourth-order valence-corrected chi connectivity index (χ4v) is 3.41. The number of thioether (sulfide) groups is 1. The Morgan fingerprint density at radius 3 is 2.93 bits per heavy atom. The van der Waals surface area contributed by atoms with E-state index in [0.717, 1.165) is 20.7 Å². The lowest BCUT2D eigenvalue weighted by Crippen LogP contribution is -1.99. The molecule has 2 heterocycles. The van der Waals surface area contributed by atoms with Crippen molar-refractivity contribution >= 4 is 39.3 Å². The van der Waals surface area contributed by atoms with Crippen molar-refractivity contribution in [3.05, 3.63) is 22.7 Å². The van der Waals surface area contributed by atoms with Gasteiger partial charge in [0.1, 0.15) is 0 Å². The van der Waals surface area contributed by atoms with Crippen LogP contribution in [0.25, 0.3) is 10.2 Å². The summed E-state index contributed by atoms with van der Waals surface area (Å²) >= 11 is 3.01. The van der Waals surface area contributed by atoms with Crippen molar-refractivity contribution in [2.75, 3.05) is 6.26 Å². The van der Waals surface area contributed by atoms with Crippen molar-refractivity contribution in [2.45, 2.75) is 11.8 Å². The number of pyridine rings is 1. The quantitative estimate of drug-likeness (QED) is 0.818. The summed E-state index contributed by atoms with van der Waals surface area (Å²) in [6.07, 6.45) is 3.33.